The first kappa shape index (κ1) is 6.21. The maximum atomic E-state index is 11.1. The van der Waals surface area contributed by atoms with Gasteiger partial charge in [-0.1, -0.05) is 0 Å². The Labute approximate surface area is 62.0 Å². The standard InChI is InChI=1S/C6H7N3O2/c1-9-6(11)3-2-7-5(10)4(3)8-9/h8H,2H2,1H3,(H,7,10). The zero-order valence-electron chi connectivity index (χ0n) is 5.97. The highest BCUT2D eigenvalue weighted by molar-refractivity contribution is 5.96. The first-order chi connectivity index (χ1) is 5.20. The number of hydrogen-bond acceptors (Lipinski definition) is 2. The van der Waals surface area contributed by atoms with Gasteiger partial charge in [-0.3, -0.25) is 19.4 Å². The zero-order chi connectivity index (χ0) is 8.01. The van der Waals surface area contributed by atoms with Crippen molar-refractivity contribution in [2.24, 2.45) is 7.05 Å². The molecule has 0 atom stereocenters. The van der Waals surface area contributed by atoms with Gasteiger partial charge in [-0.15, -0.1) is 0 Å². The van der Waals surface area contributed by atoms with Crippen molar-refractivity contribution in [3.05, 3.63) is 21.6 Å². The molecule has 1 amide bonds. The minimum absolute atomic E-state index is 0.127. The van der Waals surface area contributed by atoms with Crippen LogP contribution in [0.2, 0.25) is 0 Å². The van der Waals surface area contributed by atoms with E-state index >= 15 is 0 Å². The Morgan fingerprint density at radius 2 is 2.18 bits per heavy atom. The van der Waals surface area contributed by atoms with Gasteiger partial charge in [0.1, 0.15) is 5.69 Å². The van der Waals surface area contributed by atoms with Crippen molar-refractivity contribution in [3.63, 3.8) is 0 Å². The monoisotopic (exact) mass is 153 g/mol. The number of aryl methyl sites for hydroxylation is 1. The van der Waals surface area contributed by atoms with Crippen LogP contribution in [0.5, 0.6) is 0 Å². The summed E-state index contributed by atoms with van der Waals surface area (Å²) >= 11 is 0. The molecule has 1 aliphatic rings. The van der Waals surface area contributed by atoms with Gasteiger partial charge in [0, 0.05) is 7.05 Å². The van der Waals surface area contributed by atoms with E-state index in [0.29, 0.717) is 17.8 Å². The number of aromatic nitrogens is 2. The van der Waals surface area contributed by atoms with Gasteiger partial charge in [0.15, 0.2) is 0 Å². The highest BCUT2D eigenvalue weighted by Crippen LogP contribution is 2.06. The van der Waals surface area contributed by atoms with Crippen LogP contribution in [0.15, 0.2) is 4.79 Å². The smallest absolute Gasteiger partial charge is 0.272 e. The number of carbonyl (C=O) groups excluding carboxylic acids is 1. The fourth-order valence-electron chi connectivity index (χ4n) is 1.20. The van der Waals surface area contributed by atoms with E-state index in [1.165, 1.54) is 4.68 Å². The first-order valence-corrected chi connectivity index (χ1v) is 3.26. The number of fused-ring (bicyclic) bond motifs is 1. The minimum Gasteiger partial charge on any atom is -0.346 e. The van der Waals surface area contributed by atoms with Crippen molar-refractivity contribution in [1.29, 1.82) is 0 Å². The molecule has 0 radical (unpaired) electrons. The van der Waals surface area contributed by atoms with Crippen LogP contribution in [0.3, 0.4) is 0 Å². The van der Waals surface area contributed by atoms with Crippen LogP contribution in [0.25, 0.3) is 0 Å². The maximum absolute atomic E-state index is 11.1. The molecule has 0 unspecified atom stereocenters. The van der Waals surface area contributed by atoms with Gasteiger partial charge < -0.3 is 5.32 Å². The van der Waals surface area contributed by atoms with Crippen molar-refractivity contribution in [2.45, 2.75) is 6.54 Å². The number of carbonyl (C=O) groups is 1. The number of nitrogens with zero attached hydrogens (tertiary/aromatic N) is 1. The summed E-state index contributed by atoms with van der Waals surface area (Å²) < 4.78 is 1.31. The van der Waals surface area contributed by atoms with E-state index in [4.69, 9.17) is 0 Å². The molecule has 2 heterocycles. The molecule has 2 rings (SSSR count). The summed E-state index contributed by atoms with van der Waals surface area (Å²) in [5.74, 6) is -0.197. The molecule has 0 saturated carbocycles. The number of nitrogens with one attached hydrogen (secondary N) is 2. The Kier molecular flexibility index (Phi) is 0.986. The van der Waals surface area contributed by atoms with E-state index in [0.717, 1.165) is 0 Å². The second kappa shape index (κ2) is 1.75. The lowest BCUT2D eigenvalue weighted by molar-refractivity contribution is 0.0960. The maximum Gasteiger partial charge on any atom is 0.272 e. The Balaban J connectivity index is 2.76. The molecule has 11 heavy (non-hydrogen) atoms. The van der Waals surface area contributed by atoms with E-state index in [1.807, 2.05) is 0 Å². The SMILES string of the molecule is Cn1[nH]c2c(c1=O)CNC2=O. The molecule has 58 valence electrons. The molecule has 0 saturated heterocycles. The first-order valence-electron chi connectivity index (χ1n) is 3.26. The third-order valence-corrected chi connectivity index (χ3v) is 1.80. The summed E-state index contributed by atoms with van der Waals surface area (Å²) in [7, 11) is 1.59. The molecule has 2 N–H and O–H groups in total. The fourth-order valence-corrected chi connectivity index (χ4v) is 1.20. The third kappa shape index (κ3) is 0.646. The van der Waals surface area contributed by atoms with E-state index < -0.39 is 0 Å². The molecule has 1 aromatic rings. The van der Waals surface area contributed by atoms with Crippen LogP contribution >= 0.6 is 0 Å². The Morgan fingerprint density at radius 3 is 2.82 bits per heavy atom. The molecule has 0 aromatic carbocycles. The normalized spacial score (nSPS) is 14.8. The summed E-state index contributed by atoms with van der Waals surface area (Å²) in [4.78, 5) is 22.1. The lowest BCUT2D eigenvalue weighted by Crippen LogP contribution is -2.20. The van der Waals surface area contributed by atoms with Crippen LogP contribution in [-0.2, 0) is 13.6 Å². The van der Waals surface area contributed by atoms with E-state index in [2.05, 4.69) is 10.4 Å². The second-order valence-corrected chi connectivity index (χ2v) is 2.51. The van der Waals surface area contributed by atoms with Gasteiger partial charge in [-0.2, -0.15) is 0 Å². The summed E-state index contributed by atoms with van der Waals surface area (Å²) in [5, 5.41) is 5.22. The van der Waals surface area contributed by atoms with Crippen LogP contribution in [0, 0.1) is 0 Å². The molecule has 1 aliphatic heterocycles. The number of aromatic amines is 1. The lowest BCUT2D eigenvalue weighted by Gasteiger charge is -1.90. The fraction of sp³-hybridized carbons (Fsp3) is 0.333. The summed E-state index contributed by atoms with van der Waals surface area (Å²) in [6.07, 6.45) is 0. The largest absolute Gasteiger partial charge is 0.346 e. The quantitative estimate of drug-likeness (QED) is 0.499. The van der Waals surface area contributed by atoms with Gasteiger partial charge in [0.2, 0.25) is 0 Å². The van der Waals surface area contributed by atoms with Crippen LogP contribution in [-0.4, -0.2) is 15.7 Å². The number of amides is 1. The van der Waals surface area contributed by atoms with Gasteiger partial charge >= 0.3 is 0 Å². The van der Waals surface area contributed by atoms with E-state index in [9.17, 15) is 9.59 Å². The Hall–Kier alpha value is -1.52. The summed E-state index contributed by atoms with van der Waals surface area (Å²) in [6, 6.07) is 0. The molecule has 0 aliphatic carbocycles. The topological polar surface area (TPSA) is 66.9 Å². The summed E-state index contributed by atoms with van der Waals surface area (Å²) in [6.45, 7) is 0.352. The Bertz CT molecular complexity index is 374. The van der Waals surface area contributed by atoms with Crippen molar-refractivity contribution in [1.82, 2.24) is 15.1 Å². The number of rotatable bonds is 0. The van der Waals surface area contributed by atoms with Gasteiger partial charge in [-0.25, -0.2) is 0 Å². The van der Waals surface area contributed by atoms with Gasteiger partial charge in [-0.05, 0) is 0 Å². The number of H-pyrrole nitrogens is 1. The molecule has 1 aromatic heterocycles. The molecular weight excluding hydrogens is 146 g/mol. The molecule has 5 nitrogen and oxygen atoms in total. The second-order valence-electron chi connectivity index (χ2n) is 2.51. The van der Waals surface area contributed by atoms with Crippen LogP contribution in [0.1, 0.15) is 16.1 Å². The van der Waals surface area contributed by atoms with Crippen molar-refractivity contribution >= 4 is 5.91 Å². The van der Waals surface area contributed by atoms with E-state index in [1.54, 1.807) is 7.05 Å². The third-order valence-electron chi connectivity index (χ3n) is 1.80. The molecule has 0 fully saturated rings. The lowest BCUT2D eigenvalue weighted by atomic mass is 10.3. The molecule has 5 heteroatoms. The molecule has 0 bridgehead atoms. The highest BCUT2D eigenvalue weighted by atomic mass is 16.2. The predicted molar refractivity (Wildman–Crippen MR) is 37.2 cm³/mol. The minimum atomic E-state index is -0.197. The molecule has 0 spiro atoms. The van der Waals surface area contributed by atoms with Crippen LogP contribution in [0.4, 0.5) is 0 Å². The van der Waals surface area contributed by atoms with Gasteiger partial charge in [0.05, 0.1) is 12.1 Å². The van der Waals surface area contributed by atoms with Crippen molar-refractivity contribution < 1.29 is 4.79 Å². The average molecular weight is 153 g/mol. The summed E-state index contributed by atoms with van der Waals surface area (Å²) in [5.41, 5.74) is 0.813. The Morgan fingerprint density at radius 1 is 1.45 bits per heavy atom. The predicted octanol–water partition coefficient (Wildman–Crippen LogP) is -1.04. The van der Waals surface area contributed by atoms with Crippen molar-refractivity contribution in [3.8, 4) is 0 Å². The zero-order valence-corrected chi connectivity index (χ0v) is 5.97. The average Bonchev–Trinajstić information content (AvgIpc) is 2.43. The van der Waals surface area contributed by atoms with E-state index in [-0.39, 0.29) is 11.5 Å². The van der Waals surface area contributed by atoms with Crippen molar-refractivity contribution in [2.75, 3.05) is 0 Å². The highest BCUT2D eigenvalue weighted by Gasteiger charge is 2.24. The molecular formula is C6H7N3O2. The van der Waals surface area contributed by atoms with Crippen LogP contribution < -0.4 is 10.9 Å². The number of hydrogen-bond donors (Lipinski definition) is 2. The van der Waals surface area contributed by atoms with Gasteiger partial charge in [0.25, 0.3) is 11.5 Å².